The maximum Gasteiger partial charge on any atom is 0.124 e. The summed E-state index contributed by atoms with van der Waals surface area (Å²) >= 11 is 0. The Balaban J connectivity index is 3.61. The van der Waals surface area contributed by atoms with Gasteiger partial charge in [0.15, 0.2) is 0 Å². The highest BCUT2D eigenvalue weighted by molar-refractivity contribution is 5.08. The molecule has 0 aromatic carbocycles. The molecule has 0 N–H and O–H groups in total. The van der Waals surface area contributed by atoms with Crippen LogP contribution in [0.5, 0.6) is 0 Å². The highest BCUT2D eigenvalue weighted by Crippen LogP contribution is 1.97. The standard InChI is InChI=1S/C5H5F3/c6-3-1-5(8)2-4-7/h1-3H,4H2. The van der Waals surface area contributed by atoms with Gasteiger partial charge in [-0.3, -0.25) is 0 Å². The minimum atomic E-state index is -0.907. The molecule has 0 aromatic rings. The quantitative estimate of drug-likeness (QED) is 0.493. The lowest BCUT2D eigenvalue weighted by Crippen LogP contribution is -1.66. The monoisotopic (exact) mass is 122 g/mol. The largest absolute Gasteiger partial charge is 0.246 e. The highest BCUT2D eigenvalue weighted by Gasteiger charge is 1.82. The van der Waals surface area contributed by atoms with Crippen molar-refractivity contribution in [3.63, 3.8) is 0 Å². The van der Waals surface area contributed by atoms with Crippen molar-refractivity contribution in [1.82, 2.24) is 0 Å². The first kappa shape index (κ1) is 7.27. The number of hydrogen-bond donors (Lipinski definition) is 0. The Kier molecular flexibility index (Phi) is 4.03. The van der Waals surface area contributed by atoms with Gasteiger partial charge in [-0.05, 0) is 6.08 Å². The highest BCUT2D eigenvalue weighted by atomic mass is 19.1. The van der Waals surface area contributed by atoms with Gasteiger partial charge in [0, 0.05) is 6.08 Å². The van der Waals surface area contributed by atoms with Crippen molar-refractivity contribution >= 4 is 0 Å². The van der Waals surface area contributed by atoms with Gasteiger partial charge in [0.05, 0.1) is 6.33 Å². The Bertz CT molecular complexity index is 104. The van der Waals surface area contributed by atoms with E-state index in [0.717, 1.165) is 0 Å². The van der Waals surface area contributed by atoms with Gasteiger partial charge < -0.3 is 0 Å². The van der Waals surface area contributed by atoms with E-state index in [1.165, 1.54) is 0 Å². The fraction of sp³-hybridized carbons (Fsp3) is 0.200. The van der Waals surface area contributed by atoms with Gasteiger partial charge in [0.1, 0.15) is 12.5 Å². The summed E-state index contributed by atoms with van der Waals surface area (Å²) in [5.41, 5.74) is 0. The molecule has 0 spiro atoms. The van der Waals surface area contributed by atoms with Gasteiger partial charge in [-0.2, -0.15) is 0 Å². The number of halogens is 3. The topological polar surface area (TPSA) is 0 Å². The third kappa shape index (κ3) is 3.46. The van der Waals surface area contributed by atoms with E-state index in [1.54, 1.807) is 0 Å². The minimum Gasteiger partial charge on any atom is -0.246 e. The van der Waals surface area contributed by atoms with E-state index < -0.39 is 12.5 Å². The molecule has 3 heteroatoms. The van der Waals surface area contributed by atoms with Gasteiger partial charge in [0.25, 0.3) is 0 Å². The summed E-state index contributed by atoms with van der Waals surface area (Å²) in [4.78, 5) is 0. The molecule has 0 bridgehead atoms. The maximum atomic E-state index is 11.7. The molecule has 0 rings (SSSR count). The van der Waals surface area contributed by atoms with Crippen molar-refractivity contribution in [3.05, 3.63) is 24.3 Å². The summed E-state index contributed by atoms with van der Waals surface area (Å²) in [5.74, 6) is -0.894. The van der Waals surface area contributed by atoms with Crippen LogP contribution in [0.4, 0.5) is 13.2 Å². The zero-order valence-corrected chi connectivity index (χ0v) is 4.07. The third-order valence-corrected chi connectivity index (χ3v) is 0.494. The summed E-state index contributed by atoms with van der Waals surface area (Å²) in [6, 6.07) is 0. The normalized spacial score (nSPS) is 13.1. The van der Waals surface area contributed by atoms with Crippen LogP contribution in [0.25, 0.3) is 0 Å². The van der Waals surface area contributed by atoms with Crippen molar-refractivity contribution in [2.24, 2.45) is 0 Å². The Morgan fingerprint density at radius 3 is 2.50 bits per heavy atom. The van der Waals surface area contributed by atoms with Gasteiger partial charge in [0.2, 0.25) is 0 Å². The second kappa shape index (κ2) is 4.43. The van der Waals surface area contributed by atoms with Gasteiger partial charge in [-0.1, -0.05) is 0 Å². The number of allylic oxidation sites excluding steroid dienone is 3. The molecular formula is C5H5F3. The van der Waals surface area contributed by atoms with Crippen LogP contribution in [0.15, 0.2) is 24.3 Å². The van der Waals surface area contributed by atoms with Crippen LogP contribution < -0.4 is 0 Å². The Hall–Kier alpha value is -0.730. The molecule has 0 amide bonds. The lowest BCUT2D eigenvalue weighted by Gasteiger charge is -1.77. The average Bonchev–Trinajstić information content (AvgIpc) is 1.68. The van der Waals surface area contributed by atoms with Crippen LogP contribution in [0.2, 0.25) is 0 Å². The average molecular weight is 122 g/mol. The second-order valence-electron chi connectivity index (χ2n) is 1.04. The Labute approximate surface area is 45.3 Å². The molecule has 0 saturated heterocycles. The first-order valence-corrected chi connectivity index (χ1v) is 1.99. The molecule has 0 aliphatic rings. The van der Waals surface area contributed by atoms with Crippen molar-refractivity contribution < 1.29 is 13.2 Å². The van der Waals surface area contributed by atoms with Crippen molar-refractivity contribution in [2.75, 3.05) is 6.67 Å². The molecule has 0 saturated carbocycles. The van der Waals surface area contributed by atoms with E-state index in [0.29, 0.717) is 12.2 Å². The SMILES string of the molecule is FC=CC(F)=CCF. The van der Waals surface area contributed by atoms with E-state index in [4.69, 9.17) is 0 Å². The van der Waals surface area contributed by atoms with Crippen LogP contribution in [0.3, 0.4) is 0 Å². The first-order valence-electron chi connectivity index (χ1n) is 1.99. The zero-order valence-electron chi connectivity index (χ0n) is 4.07. The van der Waals surface area contributed by atoms with Crippen LogP contribution in [-0.4, -0.2) is 6.67 Å². The Morgan fingerprint density at radius 1 is 1.50 bits per heavy atom. The molecule has 0 fully saturated rings. The van der Waals surface area contributed by atoms with E-state index in [1.807, 2.05) is 0 Å². The molecule has 8 heavy (non-hydrogen) atoms. The van der Waals surface area contributed by atoms with Crippen molar-refractivity contribution in [3.8, 4) is 0 Å². The summed E-state index contributed by atoms with van der Waals surface area (Å²) < 4.78 is 33.8. The second-order valence-corrected chi connectivity index (χ2v) is 1.04. The summed E-state index contributed by atoms with van der Waals surface area (Å²) in [7, 11) is 0. The molecular weight excluding hydrogens is 117 g/mol. The number of rotatable bonds is 2. The predicted octanol–water partition coefficient (Wildman–Crippen LogP) is 2.29. The van der Waals surface area contributed by atoms with Crippen molar-refractivity contribution in [2.45, 2.75) is 0 Å². The maximum absolute atomic E-state index is 11.7. The molecule has 0 aliphatic heterocycles. The van der Waals surface area contributed by atoms with E-state index in [9.17, 15) is 13.2 Å². The van der Waals surface area contributed by atoms with E-state index in [-0.39, 0.29) is 6.33 Å². The minimum absolute atomic E-state index is 0.0154. The van der Waals surface area contributed by atoms with Crippen molar-refractivity contribution in [1.29, 1.82) is 0 Å². The molecule has 46 valence electrons. The van der Waals surface area contributed by atoms with Gasteiger partial charge >= 0.3 is 0 Å². The summed E-state index contributed by atoms with van der Waals surface area (Å²) in [6.07, 6.45) is 1.19. The molecule has 0 heterocycles. The fourth-order valence-electron chi connectivity index (χ4n) is 0.202. The summed E-state index contributed by atoms with van der Waals surface area (Å²) in [6.45, 7) is -0.907. The zero-order chi connectivity index (χ0) is 6.41. The summed E-state index contributed by atoms with van der Waals surface area (Å²) in [5, 5.41) is 0. The molecule has 0 aromatic heterocycles. The van der Waals surface area contributed by atoms with Crippen LogP contribution in [0, 0.1) is 0 Å². The first-order chi connectivity index (χ1) is 3.81. The van der Waals surface area contributed by atoms with Crippen LogP contribution >= 0.6 is 0 Å². The third-order valence-electron chi connectivity index (χ3n) is 0.494. The molecule has 0 aliphatic carbocycles. The van der Waals surface area contributed by atoms with Crippen LogP contribution in [0.1, 0.15) is 0 Å². The van der Waals surface area contributed by atoms with Crippen LogP contribution in [-0.2, 0) is 0 Å². The number of alkyl halides is 1. The molecule has 0 atom stereocenters. The van der Waals surface area contributed by atoms with Gasteiger partial charge in [-0.25, -0.2) is 13.2 Å². The van der Waals surface area contributed by atoms with Gasteiger partial charge in [-0.15, -0.1) is 0 Å². The lowest BCUT2D eigenvalue weighted by molar-refractivity contribution is 0.547. The molecule has 0 radical (unpaired) electrons. The Morgan fingerprint density at radius 2 is 2.12 bits per heavy atom. The molecule has 0 nitrogen and oxygen atoms in total. The van der Waals surface area contributed by atoms with E-state index >= 15 is 0 Å². The predicted molar refractivity (Wildman–Crippen MR) is 25.4 cm³/mol. The lowest BCUT2D eigenvalue weighted by atomic mass is 10.5. The smallest absolute Gasteiger partial charge is 0.124 e. The molecule has 0 unspecified atom stereocenters. The number of hydrogen-bond acceptors (Lipinski definition) is 0. The van der Waals surface area contributed by atoms with E-state index in [2.05, 4.69) is 0 Å². The fourth-order valence-corrected chi connectivity index (χ4v) is 0.202.